The second-order valence-electron chi connectivity index (χ2n) is 5.08. The lowest BCUT2D eigenvalue weighted by molar-refractivity contribution is 0.0768. The SMILES string of the molecule is CNc1ccc(C(=O)N2CCCS(=O)(=O)CC2)cc1C. The van der Waals surface area contributed by atoms with Crippen molar-refractivity contribution in [1.82, 2.24) is 4.90 Å². The van der Waals surface area contributed by atoms with Crippen LogP contribution in [0.5, 0.6) is 0 Å². The Morgan fingerprint density at radius 2 is 2.00 bits per heavy atom. The number of carbonyl (C=O) groups is 1. The lowest BCUT2D eigenvalue weighted by Gasteiger charge is -2.20. The van der Waals surface area contributed by atoms with Crippen LogP contribution in [0.25, 0.3) is 0 Å². The van der Waals surface area contributed by atoms with Crippen LogP contribution >= 0.6 is 0 Å². The van der Waals surface area contributed by atoms with Crippen molar-refractivity contribution < 1.29 is 13.2 Å². The number of nitrogens with one attached hydrogen (secondary N) is 1. The van der Waals surface area contributed by atoms with Crippen molar-refractivity contribution >= 4 is 21.4 Å². The minimum Gasteiger partial charge on any atom is -0.388 e. The molecule has 0 aliphatic carbocycles. The van der Waals surface area contributed by atoms with Crippen LogP contribution in [0.2, 0.25) is 0 Å². The predicted octanol–water partition coefficient (Wildman–Crippen LogP) is 1.30. The smallest absolute Gasteiger partial charge is 0.253 e. The Morgan fingerprint density at radius 3 is 2.65 bits per heavy atom. The number of benzene rings is 1. The van der Waals surface area contributed by atoms with Crippen molar-refractivity contribution in [3.63, 3.8) is 0 Å². The summed E-state index contributed by atoms with van der Waals surface area (Å²) in [6.45, 7) is 2.73. The Morgan fingerprint density at radius 1 is 1.25 bits per heavy atom. The Bertz CT molecular complexity index is 611. The molecule has 0 aromatic heterocycles. The first-order valence-electron chi connectivity index (χ1n) is 6.71. The van der Waals surface area contributed by atoms with E-state index in [0.717, 1.165) is 11.3 Å². The van der Waals surface area contributed by atoms with Gasteiger partial charge in [0, 0.05) is 31.4 Å². The normalized spacial score (nSPS) is 18.4. The molecule has 1 saturated heterocycles. The van der Waals surface area contributed by atoms with E-state index in [4.69, 9.17) is 0 Å². The molecule has 1 aliphatic rings. The van der Waals surface area contributed by atoms with Gasteiger partial charge in [-0.05, 0) is 37.1 Å². The van der Waals surface area contributed by atoms with Crippen LogP contribution in [0.4, 0.5) is 5.69 Å². The zero-order valence-corrected chi connectivity index (χ0v) is 12.7. The van der Waals surface area contributed by atoms with Gasteiger partial charge >= 0.3 is 0 Å². The number of sulfone groups is 1. The van der Waals surface area contributed by atoms with Crippen molar-refractivity contribution in [3.05, 3.63) is 29.3 Å². The van der Waals surface area contributed by atoms with Gasteiger partial charge in [0.25, 0.3) is 5.91 Å². The van der Waals surface area contributed by atoms with Crippen LogP contribution in [0.3, 0.4) is 0 Å². The van der Waals surface area contributed by atoms with Crippen LogP contribution in [-0.2, 0) is 9.84 Å². The number of carbonyl (C=O) groups excluding carboxylic acids is 1. The summed E-state index contributed by atoms with van der Waals surface area (Å²) in [6.07, 6.45) is 0.516. The van der Waals surface area contributed by atoms with Crippen molar-refractivity contribution in [2.24, 2.45) is 0 Å². The Hall–Kier alpha value is -1.56. The van der Waals surface area contributed by atoms with E-state index in [-0.39, 0.29) is 24.0 Å². The zero-order valence-electron chi connectivity index (χ0n) is 11.8. The summed E-state index contributed by atoms with van der Waals surface area (Å²) in [5.74, 6) is 0.147. The van der Waals surface area contributed by atoms with E-state index in [9.17, 15) is 13.2 Å². The Kier molecular flexibility index (Phi) is 4.32. The van der Waals surface area contributed by atoms with Crippen LogP contribution < -0.4 is 5.32 Å². The molecular weight excluding hydrogens is 276 g/mol. The van der Waals surface area contributed by atoms with Gasteiger partial charge in [-0.1, -0.05) is 0 Å². The first kappa shape index (κ1) is 14.8. The molecule has 0 radical (unpaired) electrons. The quantitative estimate of drug-likeness (QED) is 0.893. The van der Waals surface area contributed by atoms with Crippen molar-refractivity contribution in [1.29, 1.82) is 0 Å². The standard InChI is InChI=1S/C14H20N2O3S/c1-11-10-12(4-5-13(11)15-2)14(17)16-6-3-8-20(18,19)9-7-16/h4-5,10,15H,3,6-9H2,1-2H3. The average Bonchev–Trinajstić information content (AvgIpc) is 2.59. The fraction of sp³-hybridized carbons (Fsp3) is 0.500. The number of aryl methyl sites for hydroxylation is 1. The number of hydrogen-bond acceptors (Lipinski definition) is 4. The van der Waals surface area contributed by atoms with Crippen LogP contribution in [0, 0.1) is 6.92 Å². The third-order valence-electron chi connectivity index (χ3n) is 3.59. The van der Waals surface area contributed by atoms with Gasteiger partial charge in [0.2, 0.25) is 0 Å². The largest absolute Gasteiger partial charge is 0.388 e. The van der Waals surface area contributed by atoms with E-state index >= 15 is 0 Å². The molecule has 1 aliphatic heterocycles. The highest BCUT2D eigenvalue weighted by atomic mass is 32.2. The number of hydrogen-bond donors (Lipinski definition) is 1. The summed E-state index contributed by atoms with van der Waals surface area (Å²) in [6, 6.07) is 5.49. The van der Waals surface area contributed by atoms with E-state index in [2.05, 4.69) is 5.32 Å². The molecule has 0 saturated carbocycles. The number of anilines is 1. The summed E-state index contributed by atoms with van der Waals surface area (Å²) in [7, 11) is -1.15. The molecule has 1 aromatic rings. The van der Waals surface area contributed by atoms with Gasteiger partial charge in [-0.2, -0.15) is 0 Å². The van der Waals surface area contributed by atoms with Crippen molar-refractivity contribution in [3.8, 4) is 0 Å². The maximum Gasteiger partial charge on any atom is 0.253 e. The molecule has 1 fully saturated rings. The second kappa shape index (κ2) is 5.83. The van der Waals surface area contributed by atoms with Gasteiger partial charge < -0.3 is 10.2 Å². The molecule has 2 rings (SSSR count). The summed E-state index contributed by atoms with van der Waals surface area (Å²) in [4.78, 5) is 14.1. The molecule has 1 heterocycles. The fourth-order valence-electron chi connectivity index (χ4n) is 2.40. The molecule has 0 atom stereocenters. The maximum atomic E-state index is 12.4. The Labute approximate surface area is 119 Å². The maximum absolute atomic E-state index is 12.4. The molecule has 0 spiro atoms. The lowest BCUT2D eigenvalue weighted by atomic mass is 10.1. The van der Waals surface area contributed by atoms with Gasteiger partial charge in [-0.15, -0.1) is 0 Å². The molecule has 110 valence electrons. The average molecular weight is 296 g/mol. The van der Waals surface area contributed by atoms with Gasteiger partial charge in [0.1, 0.15) is 0 Å². The highest BCUT2D eigenvalue weighted by molar-refractivity contribution is 7.91. The topological polar surface area (TPSA) is 66.5 Å². The minimum absolute atomic E-state index is 0.0618. The van der Waals surface area contributed by atoms with Crippen LogP contribution in [-0.4, -0.2) is 50.9 Å². The summed E-state index contributed by atoms with van der Waals surface area (Å²) in [5.41, 5.74) is 2.60. The molecule has 1 N–H and O–H groups in total. The number of nitrogens with zero attached hydrogens (tertiary/aromatic N) is 1. The van der Waals surface area contributed by atoms with Gasteiger partial charge in [0.05, 0.1) is 11.5 Å². The molecule has 0 bridgehead atoms. The first-order valence-corrected chi connectivity index (χ1v) is 8.53. The zero-order chi connectivity index (χ0) is 14.8. The van der Waals surface area contributed by atoms with E-state index in [1.165, 1.54) is 0 Å². The minimum atomic E-state index is -2.99. The monoisotopic (exact) mass is 296 g/mol. The third-order valence-corrected chi connectivity index (χ3v) is 5.30. The molecule has 5 nitrogen and oxygen atoms in total. The van der Waals surface area contributed by atoms with Gasteiger partial charge in [-0.25, -0.2) is 8.42 Å². The molecular formula is C14H20N2O3S. The molecule has 20 heavy (non-hydrogen) atoms. The fourth-order valence-corrected chi connectivity index (χ4v) is 3.67. The summed E-state index contributed by atoms with van der Waals surface area (Å²) in [5, 5.41) is 3.06. The van der Waals surface area contributed by atoms with Crippen molar-refractivity contribution in [2.45, 2.75) is 13.3 Å². The van der Waals surface area contributed by atoms with E-state index in [1.807, 2.05) is 26.1 Å². The number of amides is 1. The Balaban J connectivity index is 2.17. The first-order chi connectivity index (χ1) is 9.43. The van der Waals surface area contributed by atoms with Gasteiger partial charge in [0.15, 0.2) is 9.84 Å². The van der Waals surface area contributed by atoms with E-state index in [0.29, 0.717) is 18.5 Å². The van der Waals surface area contributed by atoms with E-state index in [1.54, 1.807) is 11.0 Å². The summed E-state index contributed by atoms with van der Waals surface area (Å²) < 4.78 is 23.1. The van der Waals surface area contributed by atoms with Crippen molar-refractivity contribution in [2.75, 3.05) is 37.0 Å². The highest BCUT2D eigenvalue weighted by Gasteiger charge is 2.23. The van der Waals surface area contributed by atoms with Crippen LogP contribution in [0.1, 0.15) is 22.3 Å². The number of rotatable bonds is 2. The second-order valence-corrected chi connectivity index (χ2v) is 7.38. The van der Waals surface area contributed by atoms with E-state index < -0.39 is 9.84 Å². The third kappa shape index (κ3) is 3.30. The predicted molar refractivity (Wildman–Crippen MR) is 79.9 cm³/mol. The molecule has 1 aromatic carbocycles. The van der Waals surface area contributed by atoms with Crippen LogP contribution in [0.15, 0.2) is 18.2 Å². The molecule has 0 unspecified atom stereocenters. The molecule has 1 amide bonds. The highest BCUT2D eigenvalue weighted by Crippen LogP contribution is 2.18. The summed E-state index contributed by atoms with van der Waals surface area (Å²) >= 11 is 0. The van der Waals surface area contributed by atoms with Gasteiger partial charge in [-0.3, -0.25) is 4.79 Å². The lowest BCUT2D eigenvalue weighted by Crippen LogP contribution is -2.33. The molecule has 6 heteroatoms.